The molecule has 0 amide bonds. The SMILES string of the molecule is CN(C)c1ccc(-c2cc(NCCNc3cc(-c4ccc(N(C)C)cc4)[nH]n3)n[nH]2)cc1.Cl.Cl. The summed E-state index contributed by atoms with van der Waals surface area (Å²) in [6, 6.07) is 20.8. The van der Waals surface area contributed by atoms with Crippen LogP contribution in [0.1, 0.15) is 0 Å². The van der Waals surface area contributed by atoms with Gasteiger partial charge in [0.25, 0.3) is 0 Å². The largest absolute Gasteiger partial charge is 0.378 e. The lowest BCUT2D eigenvalue weighted by Crippen LogP contribution is -2.13. The average molecular weight is 503 g/mol. The second-order valence-electron chi connectivity index (χ2n) is 8.07. The third-order valence-corrected chi connectivity index (χ3v) is 5.28. The lowest BCUT2D eigenvalue weighted by Gasteiger charge is -2.12. The van der Waals surface area contributed by atoms with Gasteiger partial charge in [0.05, 0.1) is 11.4 Å². The first-order valence-corrected chi connectivity index (χ1v) is 10.6. The molecule has 10 heteroatoms. The monoisotopic (exact) mass is 502 g/mol. The second kappa shape index (κ2) is 12.2. The maximum atomic E-state index is 4.36. The minimum absolute atomic E-state index is 0. The molecule has 0 aliphatic rings. The van der Waals surface area contributed by atoms with Gasteiger partial charge in [-0.15, -0.1) is 24.8 Å². The molecule has 2 heterocycles. The van der Waals surface area contributed by atoms with E-state index in [1.165, 1.54) is 11.4 Å². The number of aromatic nitrogens is 4. The van der Waals surface area contributed by atoms with Gasteiger partial charge in [-0.25, -0.2) is 0 Å². The Morgan fingerprint density at radius 1 is 0.618 bits per heavy atom. The molecule has 4 N–H and O–H groups in total. The Balaban J connectivity index is 0.00000204. The first-order valence-electron chi connectivity index (χ1n) is 10.6. The number of rotatable bonds is 9. The number of benzene rings is 2. The van der Waals surface area contributed by atoms with Crippen molar-refractivity contribution >= 4 is 47.8 Å². The van der Waals surface area contributed by atoms with Crippen molar-refractivity contribution in [2.75, 3.05) is 61.7 Å². The van der Waals surface area contributed by atoms with Crippen molar-refractivity contribution in [1.29, 1.82) is 0 Å². The van der Waals surface area contributed by atoms with Crippen LogP contribution < -0.4 is 20.4 Å². The number of hydrogen-bond donors (Lipinski definition) is 4. The fourth-order valence-electron chi connectivity index (χ4n) is 3.38. The molecule has 0 aliphatic carbocycles. The third kappa shape index (κ3) is 6.59. The smallest absolute Gasteiger partial charge is 0.148 e. The maximum absolute atomic E-state index is 4.36. The van der Waals surface area contributed by atoms with E-state index >= 15 is 0 Å². The molecule has 8 nitrogen and oxygen atoms in total. The normalized spacial score (nSPS) is 10.1. The van der Waals surface area contributed by atoms with Crippen molar-refractivity contribution in [2.45, 2.75) is 0 Å². The summed E-state index contributed by atoms with van der Waals surface area (Å²) in [6.07, 6.45) is 0. The Morgan fingerprint density at radius 3 is 1.29 bits per heavy atom. The molecular weight excluding hydrogens is 471 g/mol. The van der Waals surface area contributed by atoms with E-state index in [0.717, 1.165) is 47.2 Å². The highest BCUT2D eigenvalue weighted by atomic mass is 35.5. The molecule has 4 aromatic rings. The number of nitrogens with zero attached hydrogens (tertiary/aromatic N) is 4. The molecule has 2 aromatic heterocycles. The van der Waals surface area contributed by atoms with Gasteiger partial charge in [0.1, 0.15) is 11.6 Å². The molecule has 0 bridgehead atoms. The number of aromatic amines is 2. The van der Waals surface area contributed by atoms with E-state index in [9.17, 15) is 0 Å². The van der Waals surface area contributed by atoms with Gasteiger partial charge in [0, 0.05) is 64.8 Å². The molecule has 0 aliphatic heterocycles. The average Bonchev–Trinajstić information content (AvgIpc) is 3.47. The molecule has 0 atom stereocenters. The molecule has 2 aromatic carbocycles. The zero-order valence-corrected chi connectivity index (χ0v) is 21.4. The highest BCUT2D eigenvalue weighted by molar-refractivity contribution is 5.85. The molecule has 0 fully saturated rings. The van der Waals surface area contributed by atoms with E-state index in [2.05, 4.69) is 89.4 Å². The Morgan fingerprint density at radius 2 is 0.971 bits per heavy atom. The first-order chi connectivity index (χ1) is 15.5. The minimum Gasteiger partial charge on any atom is -0.378 e. The van der Waals surface area contributed by atoms with Crippen LogP contribution in [-0.4, -0.2) is 61.7 Å². The molecule has 0 saturated carbocycles. The molecular formula is C24H32Cl2N8. The Hall–Kier alpha value is -3.36. The van der Waals surface area contributed by atoms with Crippen molar-refractivity contribution in [3.05, 3.63) is 60.7 Å². The fourth-order valence-corrected chi connectivity index (χ4v) is 3.38. The van der Waals surface area contributed by atoms with Crippen LogP contribution in [0.25, 0.3) is 22.5 Å². The number of nitrogens with one attached hydrogen (secondary N) is 4. The third-order valence-electron chi connectivity index (χ3n) is 5.28. The van der Waals surface area contributed by atoms with E-state index in [1.807, 2.05) is 40.3 Å². The van der Waals surface area contributed by atoms with Gasteiger partial charge in [-0.1, -0.05) is 24.3 Å². The standard InChI is InChI=1S/C24H30N8.2ClH/c1-31(2)19-9-5-17(6-10-19)21-15-23(29-27-21)25-13-14-26-24-16-22(28-30-24)18-7-11-20(12-8-18)32(3)4;;/h5-12,15-16H,13-14H2,1-4H3,(H2,25,27,29)(H2,26,28,30);2*1H. The van der Waals surface area contributed by atoms with E-state index in [1.54, 1.807) is 0 Å². The fraction of sp³-hybridized carbons (Fsp3) is 0.250. The van der Waals surface area contributed by atoms with Gasteiger partial charge in [0.2, 0.25) is 0 Å². The highest BCUT2D eigenvalue weighted by Gasteiger charge is 2.06. The topological polar surface area (TPSA) is 87.9 Å². The summed E-state index contributed by atoms with van der Waals surface area (Å²) in [5.74, 6) is 1.64. The Bertz CT molecular complexity index is 1040. The van der Waals surface area contributed by atoms with Crippen LogP contribution in [0.2, 0.25) is 0 Å². The molecule has 0 spiro atoms. The summed E-state index contributed by atoms with van der Waals surface area (Å²) in [5.41, 5.74) is 6.54. The van der Waals surface area contributed by atoms with Gasteiger partial charge in [0.15, 0.2) is 0 Å². The highest BCUT2D eigenvalue weighted by Crippen LogP contribution is 2.24. The summed E-state index contributed by atoms with van der Waals surface area (Å²) in [4.78, 5) is 4.17. The molecule has 0 unspecified atom stereocenters. The van der Waals surface area contributed by atoms with Crippen LogP contribution in [0.3, 0.4) is 0 Å². The van der Waals surface area contributed by atoms with Gasteiger partial charge in [-0.05, 0) is 35.4 Å². The van der Waals surface area contributed by atoms with Crippen LogP contribution in [0, 0.1) is 0 Å². The van der Waals surface area contributed by atoms with Crippen LogP contribution in [0.5, 0.6) is 0 Å². The summed E-state index contributed by atoms with van der Waals surface area (Å²) in [5, 5.41) is 21.6. The summed E-state index contributed by atoms with van der Waals surface area (Å²) in [6.45, 7) is 1.45. The van der Waals surface area contributed by atoms with E-state index < -0.39 is 0 Å². The molecule has 34 heavy (non-hydrogen) atoms. The first kappa shape index (κ1) is 26.9. The van der Waals surface area contributed by atoms with Gasteiger partial charge in [-0.3, -0.25) is 10.2 Å². The predicted molar refractivity (Wildman–Crippen MR) is 148 cm³/mol. The number of halogens is 2. The van der Waals surface area contributed by atoms with Gasteiger partial charge < -0.3 is 20.4 Å². The van der Waals surface area contributed by atoms with E-state index in [0.29, 0.717) is 0 Å². The van der Waals surface area contributed by atoms with Crippen LogP contribution in [0.15, 0.2) is 60.7 Å². The lowest BCUT2D eigenvalue weighted by atomic mass is 10.1. The van der Waals surface area contributed by atoms with Crippen molar-refractivity contribution in [1.82, 2.24) is 20.4 Å². The lowest BCUT2D eigenvalue weighted by molar-refractivity contribution is 1.01. The van der Waals surface area contributed by atoms with Crippen molar-refractivity contribution in [2.24, 2.45) is 0 Å². The molecule has 0 saturated heterocycles. The number of H-pyrrole nitrogens is 2. The number of hydrogen-bond acceptors (Lipinski definition) is 6. The van der Waals surface area contributed by atoms with Crippen molar-refractivity contribution in [3.8, 4) is 22.5 Å². The zero-order chi connectivity index (χ0) is 22.5. The quantitative estimate of drug-likeness (QED) is 0.242. The van der Waals surface area contributed by atoms with Crippen molar-refractivity contribution < 1.29 is 0 Å². The number of anilines is 4. The van der Waals surface area contributed by atoms with Gasteiger partial charge in [-0.2, -0.15) is 10.2 Å². The van der Waals surface area contributed by atoms with Crippen LogP contribution in [0.4, 0.5) is 23.0 Å². The Kier molecular flexibility index (Phi) is 9.65. The summed E-state index contributed by atoms with van der Waals surface area (Å²) >= 11 is 0. The second-order valence-corrected chi connectivity index (χ2v) is 8.07. The molecule has 4 rings (SSSR count). The van der Waals surface area contributed by atoms with Crippen molar-refractivity contribution in [3.63, 3.8) is 0 Å². The van der Waals surface area contributed by atoms with E-state index in [-0.39, 0.29) is 24.8 Å². The Labute approximate surface area is 213 Å². The van der Waals surface area contributed by atoms with Crippen LogP contribution >= 0.6 is 24.8 Å². The van der Waals surface area contributed by atoms with Gasteiger partial charge >= 0.3 is 0 Å². The minimum atomic E-state index is 0. The summed E-state index contributed by atoms with van der Waals surface area (Å²) < 4.78 is 0. The maximum Gasteiger partial charge on any atom is 0.148 e. The van der Waals surface area contributed by atoms with E-state index in [4.69, 9.17) is 0 Å². The van der Waals surface area contributed by atoms with Crippen LogP contribution in [-0.2, 0) is 0 Å². The summed E-state index contributed by atoms with van der Waals surface area (Å²) in [7, 11) is 8.14. The molecule has 0 radical (unpaired) electrons. The zero-order valence-electron chi connectivity index (χ0n) is 19.8. The molecule has 182 valence electrons. The predicted octanol–water partition coefficient (Wildman–Crippen LogP) is 4.97.